The minimum absolute atomic E-state index is 0.123. The molecule has 0 aliphatic carbocycles. The second-order valence-corrected chi connectivity index (χ2v) is 3.10. The van der Waals surface area contributed by atoms with Gasteiger partial charge in [0.15, 0.2) is 4.11 Å². The van der Waals surface area contributed by atoms with E-state index in [0.29, 0.717) is 6.61 Å². The SMILES string of the molecule is CCOC(=O)O[C@@H](C)I. The summed E-state index contributed by atoms with van der Waals surface area (Å²) in [6.45, 7) is 3.86. The van der Waals surface area contributed by atoms with Gasteiger partial charge in [-0.2, -0.15) is 0 Å². The molecule has 0 aromatic rings. The lowest BCUT2D eigenvalue weighted by Crippen LogP contribution is -2.10. The van der Waals surface area contributed by atoms with Crippen molar-refractivity contribution in [3.8, 4) is 0 Å². The monoisotopic (exact) mass is 244 g/mol. The van der Waals surface area contributed by atoms with Crippen LogP contribution in [0.1, 0.15) is 13.8 Å². The molecule has 3 nitrogen and oxygen atoms in total. The fraction of sp³-hybridized carbons (Fsp3) is 0.800. The fourth-order valence-corrected chi connectivity index (χ4v) is 0.492. The van der Waals surface area contributed by atoms with Crippen molar-refractivity contribution in [3.63, 3.8) is 0 Å². The molecule has 0 bridgehead atoms. The van der Waals surface area contributed by atoms with Crippen molar-refractivity contribution >= 4 is 28.7 Å². The van der Waals surface area contributed by atoms with Gasteiger partial charge in [-0.05, 0) is 36.4 Å². The second kappa shape index (κ2) is 4.84. The maximum absolute atomic E-state index is 10.4. The Hall–Kier alpha value is 0. The van der Waals surface area contributed by atoms with Gasteiger partial charge in [0.1, 0.15) is 0 Å². The molecule has 0 amide bonds. The second-order valence-electron chi connectivity index (χ2n) is 1.34. The number of hydrogen-bond acceptors (Lipinski definition) is 3. The minimum Gasteiger partial charge on any atom is -0.435 e. The molecule has 0 spiro atoms. The molecule has 0 rings (SSSR count). The van der Waals surface area contributed by atoms with E-state index >= 15 is 0 Å². The summed E-state index contributed by atoms with van der Waals surface area (Å²) in [5, 5.41) is 0. The van der Waals surface area contributed by atoms with Crippen LogP contribution in [-0.4, -0.2) is 16.9 Å². The molecule has 54 valence electrons. The highest BCUT2D eigenvalue weighted by Crippen LogP contribution is 2.01. The first kappa shape index (κ1) is 9.00. The summed E-state index contributed by atoms with van der Waals surface area (Å²) in [4.78, 5) is 10.4. The summed E-state index contributed by atoms with van der Waals surface area (Å²) in [6.07, 6.45) is -0.598. The Bertz CT molecular complexity index is 92.2. The van der Waals surface area contributed by atoms with E-state index in [1.54, 1.807) is 13.8 Å². The van der Waals surface area contributed by atoms with Crippen molar-refractivity contribution < 1.29 is 14.3 Å². The third-order valence-corrected chi connectivity index (χ3v) is 0.775. The molecule has 0 saturated heterocycles. The van der Waals surface area contributed by atoms with Gasteiger partial charge in [0.05, 0.1) is 6.61 Å². The molecule has 4 heteroatoms. The molecule has 9 heavy (non-hydrogen) atoms. The van der Waals surface area contributed by atoms with E-state index in [1.807, 2.05) is 22.6 Å². The number of halogens is 1. The number of carbonyl (C=O) groups is 1. The predicted octanol–water partition coefficient (Wildman–Crippen LogP) is 1.94. The highest BCUT2D eigenvalue weighted by molar-refractivity contribution is 14.1. The van der Waals surface area contributed by atoms with Crippen LogP contribution in [0.25, 0.3) is 0 Å². The highest BCUT2D eigenvalue weighted by Gasteiger charge is 2.04. The molecule has 0 aliphatic rings. The molecule has 0 aromatic carbocycles. The molecule has 0 aromatic heterocycles. The predicted molar refractivity (Wildman–Crippen MR) is 41.6 cm³/mol. The van der Waals surface area contributed by atoms with Crippen LogP contribution in [0.5, 0.6) is 0 Å². The van der Waals surface area contributed by atoms with Crippen molar-refractivity contribution in [2.75, 3.05) is 6.61 Å². The molecule has 1 atom stereocenters. The maximum atomic E-state index is 10.4. The van der Waals surface area contributed by atoms with Crippen LogP contribution >= 0.6 is 22.6 Å². The zero-order valence-corrected chi connectivity index (χ0v) is 7.54. The molecule has 0 heterocycles. The third-order valence-electron chi connectivity index (χ3n) is 0.521. The summed E-state index contributed by atoms with van der Waals surface area (Å²) in [6, 6.07) is 0. The zero-order valence-electron chi connectivity index (χ0n) is 5.39. The van der Waals surface area contributed by atoms with E-state index in [1.165, 1.54) is 0 Å². The van der Waals surface area contributed by atoms with E-state index < -0.39 is 6.16 Å². The average Bonchev–Trinajstić information content (AvgIpc) is 1.63. The molecule has 0 unspecified atom stereocenters. The van der Waals surface area contributed by atoms with Crippen molar-refractivity contribution in [1.29, 1.82) is 0 Å². The number of rotatable bonds is 2. The lowest BCUT2D eigenvalue weighted by atomic mass is 10.8. The van der Waals surface area contributed by atoms with Crippen LogP contribution in [0.2, 0.25) is 0 Å². The van der Waals surface area contributed by atoms with Gasteiger partial charge in [0.2, 0.25) is 0 Å². The normalized spacial score (nSPS) is 12.3. The summed E-state index contributed by atoms with van der Waals surface area (Å²) in [5.74, 6) is 0. The molecular formula is C5H9IO3. The average molecular weight is 244 g/mol. The van der Waals surface area contributed by atoms with Crippen LogP contribution in [0.4, 0.5) is 4.79 Å². The Balaban J connectivity index is 3.27. The molecule has 0 N–H and O–H groups in total. The van der Waals surface area contributed by atoms with Crippen LogP contribution < -0.4 is 0 Å². The molecular weight excluding hydrogens is 235 g/mol. The van der Waals surface area contributed by atoms with E-state index in [9.17, 15) is 4.79 Å². The quantitative estimate of drug-likeness (QED) is 0.423. The van der Waals surface area contributed by atoms with Gasteiger partial charge in [-0.1, -0.05) is 0 Å². The number of ether oxygens (including phenoxy) is 2. The standard InChI is InChI=1S/C5H9IO3/c1-3-8-5(7)9-4(2)6/h4H,3H2,1-2H3/t4-/m0/s1. The Kier molecular flexibility index (Phi) is 4.84. The number of alkyl halides is 1. The van der Waals surface area contributed by atoms with Gasteiger partial charge in [0, 0.05) is 0 Å². The van der Waals surface area contributed by atoms with E-state index in [0.717, 1.165) is 0 Å². The third kappa shape index (κ3) is 5.88. The Labute approximate surface area is 67.8 Å². The lowest BCUT2D eigenvalue weighted by molar-refractivity contribution is 0.0587. The first-order valence-corrected chi connectivity index (χ1v) is 3.89. The first-order chi connectivity index (χ1) is 4.16. The largest absolute Gasteiger partial charge is 0.509 e. The van der Waals surface area contributed by atoms with Crippen molar-refractivity contribution in [2.45, 2.75) is 18.0 Å². The van der Waals surface area contributed by atoms with Gasteiger partial charge in [-0.15, -0.1) is 0 Å². The summed E-state index contributed by atoms with van der Waals surface area (Å²) in [7, 11) is 0. The van der Waals surface area contributed by atoms with E-state index in [-0.39, 0.29) is 4.11 Å². The highest BCUT2D eigenvalue weighted by atomic mass is 127. The Morgan fingerprint density at radius 1 is 1.78 bits per heavy atom. The van der Waals surface area contributed by atoms with E-state index in [2.05, 4.69) is 9.47 Å². The van der Waals surface area contributed by atoms with Crippen molar-refractivity contribution in [3.05, 3.63) is 0 Å². The van der Waals surface area contributed by atoms with Gasteiger partial charge < -0.3 is 9.47 Å². The lowest BCUT2D eigenvalue weighted by Gasteiger charge is -2.04. The first-order valence-electron chi connectivity index (χ1n) is 2.64. The maximum Gasteiger partial charge on any atom is 0.509 e. The van der Waals surface area contributed by atoms with Gasteiger partial charge >= 0.3 is 6.16 Å². The van der Waals surface area contributed by atoms with Gasteiger partial charge in [-0.3, -0.25) is 0 Å². The molecule has 0 aliphatic heterocycles. The minimum atomic E-state index is -0.598. The molecule has 0 saturated carbocycles. The Morgan fingerprint density at radius 2 is 2.33 bits per heavy atom. The topological polar surface area (TPSA) is 35.5 Å². The van der Waals surface area contributed by atoms with Crippen molar-refractivity contribution in [1.82, 2.24) is 0 Å². The van der Waals surface area contributed by atoms with E-state index in [4.69, 9.17) is 0 Å². The summed E-state index contributed by atoms with van der Waals surface area (Å²) < 4.78 is 8.98. The number of carbonyl (C=O) groups excluding carboxylic acids is 1. The molecule has 0 fully saturated rings. The summed E-state index contributed by atoms with van der Waals surface area (Å²) in [5.41, 5.74) is 0. The smallest absolute Gasteiger partial charge is 0.435 e. The van der Waals surface area contributed by atoms with Gasteiger partial charge in [-0.25, -0.2) is 4.79 Å². The zero-order chi connectivity index (χ0) is 7.28. The number of hydrogen-bond donors (Lipinski definition) is 0. The van der Waals surface area contributed by atoms with Crippen LogP contribution in [0, 0.1) is 0 Å². The van der Waals surface area contributed by atoms with Gasteiger partial charge in [0.25, 0.3) is 0 Å². The van der Waals surface area contributed by atoms with Crippen LogP contribution in [0.15, 0.2) is 0 Å². The fourth-order valence-electron chi connectivity index (χ4n) is 0.284. The molecule has 0 radical (unpaired) electrons. The Morgan fingerprint density at radius 3 is 2.67 bits per heavy atom. The van der Waals surface area contributed by atoms with Crippen LogP contribution in [-0.2, 0) is 9.47 Å². The van der Waals surface area contributed by atoms with Crippen molar-refractivity contribution in [2.24, 2.45) is 0 Å². The van der Waals surface area contributed by atoms with Crippen LogP contribution in [0.3, 0.4) is 0 Å². The summed E-state index contributed by atoms with van der Waals surface area (Å²) >= 11 is 1.97.